The van der Waals surface area contributed by atoms with Crippen LogP contribution < -0.4 is 0 Å². The molecule has 0 aliphatic carbocycles. The van der Waals surface area contributed by atoms with Gasteiger partial charge in [0.25, 0.3) is 0 Å². The molecule has 6 nitrogen and oxygen atoms in total. The Morgan fingerprint density at radius 2 is 1.80 bits per heavy atom. The molecule has 0 bridgehead atoms. The summed E-state index contributed by atoms with van der Waals surface area (Å²) in [5.41, 5.74) is 1.73. The number of carbonyl (C=O) groups is 2. The van der Waals surface area contributed by atoms with E-state index in [1.54, 1.807) is 26.0 Å². The van der Waals surface area contributed by atoms with E-state index in [1.165, 1.54) is 11.2 Å². The molecule has 1 aliphatic heterocycles. The van der Waals surface area contributed by atoms with Crippen LogP contribution in [0.2, 0.25) is 0 Å². The Morgan fingerprint density at radius 1 is 1.20 bits per heavy atom. The average Bonchev–Trinajstić information content (AvgIpc) is 2.54. The highest BCUT2D eigenvalue weighted by Gasteiger charge is 2.34. The highest BCUT2D eigenvalue weighted by atomic mass is 32.2. The Balaban J connectivity index is 2.04. The van der Waals surface area contributed by atoms with Gasteiger partial charge in [-0.2, -0.15) is 4.31 Å². The topological polar surface area (TPSA) is 80.8 Å². The van der Waals surface area contributed by atoms with E-state index in [0.717, 1.165) is 11.1 Å². The highest BCUT2D eigenvalue weighted by molar-refractivity contribution is 7.89. The molecule has 0 saturated carbocycles. The number of rotatable bonds is 5. The molecule has 1 atom stereocenters. The summed E-state index contributed by atoms with van der Waals surface area (Å²) in [5, 5.41) is 0. The van der Waals surface area contributed by atoms with Crippen LogP contribution in [0.4, 0.5) is 0 Å². The second kappa shape index (κ2) is 7.66. The second-order valence-electron chi connectivity index (χ2n) is 6.64. The molecule has 1 aliphatic rings. The van der Waals surface area contributed by atoms with Gasteiger partial charge >= 0.3 is 5.97 Å². The maximum absolute atomic E-state index is 12.8. The molecule has 0 radical (unpaired) electrons. The van der Waals surface area contributed by atoms with Crippen LogP contribution in [0.5, 0.6) is 0 Å². The lowest BCUT2D eigenvalue weighted by atomic mass is 9.98. The molecule has 1 fully saturated rings. The standard InChI is InChI=1S/C18H25NO5S/c1-12-5-6-17(13(2)11-12)25(22,23)19-9-7-16(8-10-19)18(21)24-15(4)14(3)20/h5-6,11,15-16H,7-10H2,1-4H3/t15-/m0/s1. The lowest BCUT2D eigenvalue weighted by molar-refractivity contribution is -0.158. The van der Waals surface area contributed by atoms with E-state index in [-0.39, 0.29) is 24.8 Å². The summed E-state index contributed by atoms with van der Waals surface area (Å²) in [5.74, 6) is -0.998. The first-order valence-corrected chi connectivity index (χ1v) is 9.85. The number of sulfonamides is 1. The second-order valence-corrected chi connectivity index (χ2v) is 8.54. The van der Waals surface area contributed by atoms with Crippen LogP contribution in [0, 0.1) is 19.8 Å². The number of benzene rings is 1. The van der Waals surface area contributed by atoms with Crippen molar-refractivity contribution in [2.45, 2.75) is 51.5 Å². The molecule has 0 amide bonds. The van der Waals surface area contributed by atoms with Crippen molar-refractivity contribution in [1.29, 1.82) is 0 Å². The van der Waals surface area contributed by atoms with Crippen LogP contribution in [0.15, 0.2) is 23.1 Å². The highest BCUT2D eigenvalue weighted by Crippen LogP contribution is 2.27. The molecule has 7 heteroatoms. The molecule has 1 aromatic rings. The number of esters is 1. The molecule has 0 unspecified atom stereocenters. The van der Waals surface area contributed by atoms with Gasteiger partial charge in [0.2, 0.25) is 10.0 Å². The maximum atomic E-state index is 12.8. The van der Waals surface area contributed by atoms with Gasteiger partial charge in [-0.3, -0.25) is 9.59 Å². The molecule has 0 spiro atoms. The SMILES string of the molecule is CC(=O)[C@H](C)OC(=O)C1CCN(S(=O)(=O)c2ccc(C)cc2C)CC1. The summed E-state index contributed by atoms with van der Waals surface area (Å²) in [6.07, 6.45) is 0.0331. The summed E-state index contributed by atoms with van der Waals surface area (Å²) in [7, 11) is -3.57. The van der Waals surface area contributed by atoms with Crippen molar-refractivity contribution in [2.75, 3.05) is 13.1 Å². The van der Waals surface area contributed by atoms with E-state index < -0.39 is 22.1 Å². The zero-order valence-corrected chi connectivity index (χ0v) is 15.9. The number of Topliss-reactive ketones (excluding diaryl/α,β-unsaturated/α-hetero) is 1. The lowest BCUT2D eigenvalue weighted by Gasteiger charge is -2.31. The van der Waals surface area contributed by atoms with Crippen molar-refractivity contribution >= 4 is 21.8 Å². The molecule has 1 heterocycles. The van der Waals surface area contributed by atoms with E-state index in [2.05, 4.69) is 0 Å². The zero-order chi connectivity index (χ0) is 18.8. The summed E-state index contributed by atoms with van der Waals surface area (Å²) in [6, 6.07) is 5.27. The van der Waals surface area contributed by atoms with Crippen LogP contribution in [0.1, 0.15) is 37.8 Å². The fourth-order valence-corrected chi connectivity index (χ4v) is 4.59. The largest absolute Gasteiger partial charge is 0.454 e. The maximum Gasteiger partial charge on any atom is 0.309 e. The molecule has 1 aromatic carbocycles. The van der Waals surface area contributed by atoms with Gasteiger partial charge in [-0.05, 0) is 52.2 Å². The van der Waals surface area contributed by atoms with Crippen molar-refractivity contribution in [3.63, 3.8) is 0 Å². The van der Waals surface area contributed by atoms with Crippen molar-refractivity contribution in [1.82, 2.24) is 4.31 Å². The number of nitrogens with zero attached hydrogens (tertiary/aromatic N) is 1. The Bertz CT molecular complexity index is 764. The normalized spacial score (nSPS) is 17.9. The van der Waals surface area contributed by atoms with Gasteiger partial charge in [-0.25, -0.2) is 8.42 Å². The fraction of sp³-hybridized carbons (Fsp3) is 0.556. The fourth-order valence-electron chi connectivity index (χ4n) is 2.91. The van der Waals surface area contributed by atoms with E-state index in [4.69, 9.17) is 4.74 Å². The van der Waals surface area contributed by atoms with Gasteiger partial charge in [-0.15, -0.1) is 0 Å². The summed E-state index contributed by atoms with van der Waals surface area (Å²) in [6.45, 7) is 7.15. The molecule has 25 heavy (non-hydrogen) atoms. The summed E-state index contributed by atoms with van der Waals surface area (Å²) >= 11 is 0. The molecule has 0 aromatic heterocycles. The van der Waals surface area contributed by atoms with Gasteiger partial charge in [0.05, 0.1) is 10.8 Å². The minimum absolute atomic E-state index is 0.205. The molecule has 2 rings (SSSR count). The van der Waals surface area contributed by atoms with E-state index in [0.29, 0.717) is 17.7 Å². The predicted octanol–water partition coefficient (Wildman–Crippen LogP) is 2.22. The number of hydrogen-bond acceptors (Lipinski definition) is 5. The third-order valence-corrected chi connectivity index (χ3v) is 6.66. The van der Waals surface area contributed by atoms with Crippen LogP contribution in [-0.2, 0) is 24.3 Å². The van der Waals surface area contributed by atoms with Crippen molar-refractivity contribution in [2.24, 2.45) is 5.92 Å². The number of ether oxygens (including phenoxy) is 1. The van der Waals surface area contributed by atoms with Gasteiger partial charge in [0.1, 0.15) is 0 Å². The molecule has 1 saturated heterocycles. The average molecular weight is 367 g/mol. The van der Waals surface area contributed by atoms with Gasteiger partial charge < -0.3 is 4.74 Å². The number of carbonyl (C=O) groups excluding carboxylic acids is 2. The molecular formula is C18H25NO5S. The van der Waals surface area contributed by atoms with Crippen molar-refractivity contribution < 1.29 is 22.7 Å². The zero-order valence-electron chi connectivity index (χ0n) is 15.1. The first kappa shape index (κ1) is 19.6. The predicted molar refractivity (Wildman–Crippen MR) is 93.6 cm³/mol. The first-order valence-electron chi connectivity index (χ1n) is 8.41. The van der Waals surface area contributed by atoms with E-state index in [1.807, 2.05) is 13.0 Å². The summed E-state index contributed by atoms with van der Waals surface area (Å²) < 4.78 is 32.2. The quantitative estimate of drug-likeness (QED) is 0.746. The van der Waals surface area contributed by atoms with E-state index >= 15 is 0 Å². The smallest absolute Gasteiger partial charge is 0.309 e. The van der Waals surface area contributed by atoms with Crippen LogP contribution in [-0.4, -0.2) is 43.7 Å². The lowest BCUT2D eigenvalue weighted by Crippen LogP contribution is -2.41. The number of aryl methyl sites for hydroxylation is 2. The number of hydrogen-bond donors (Lipinski definition) is 0. The molecule has 0 N–H and O–H groups in total. The summed E-state index contributed by atoms with van der Waals surface area (Å²) in [4.78, 5) is 23.6. The number of piperidine rings is 1. The molecule has 138 valence electrons. The van der Waals surface area contributed by atoms with Crippen LogP contribution in [0.25, 0.3) is 0 Å². The number of ketones is 1. The first-order chi connectivity index (χ1) is 11.6. The van der Waals surface area contributed by atoms with E-state index in [9.17, 15) is 18.0 Å². The minimum Gasteiger partial charge on any atom is -0.454 e. The van der Waals surface area contributed by atoms with Crippen LogP contribution >= 0.6 is 0 Å². The Hall–Kier alpha value is -1.73. The Kier molecular flexibility index (Phi) is 6.00. The molecular weight excluding hydrogens is 342 g/mol. The van der Waals surface area contributed by atoms with Crippen molar-refractivity contribution in [3.8, 4) is 0 Å². The van der Waals surface area contributed by atoms with Gasteiger partial charge in [-0.1, -0.05) is 17.7 Å². The van der Waals surface area contributed by atoms with Crippen LogP contribution in [0.3, 0.4) is 0 Å². The minimum atomic E-state index is -3.57. The third kappa shape index (κ3) is 4.46. The Morgan fingerprint density at radius 3 is 2.32 bits per heavy atom. The van der Waals surface area contributed by atoms with Gasteiger partial charge in [0.15, 0.2) is 11.9 Å². The van der Waals surface area contributed by atoms with Crippen molar-refractivity contribution in [3.05, 3.63) is 29.3 Å². The monoisotopic (exact) mass is 367 g/mol. The third-order valence-electron chi connectivity index (χ3n) is 4.60. The van der Waals surface area contributed by atoms with Gasteiger partial charge in [0, 0.05) is 13.1 Å². The Labute approximate surface area is 149 Å².